The number of hydrogen-bond acceptors (Lipinski definition) is 4. The maximum atomic E-state index is 14.3. The Morgan fingerprint density at radius 1 is 1.00 bits per heavy atom. The van der Waals surface area contributed by atoms with Gasteiger partial charge in [0.05, 0.1) is 5.56 Å². The number of aryl methyl sites for hydroxylation is 2. The van der Waals surface area contributed by atoms with Crippen LogP contribution in [0.15, 0.2) is 36.4 Å². The Bertz CT molecular complexity index is 1150. The summed E-state index contributed by atoms with van der Waals surface area (Å²) in [4.78, 5) is 11.6. The molecule has 0 fully saturated rings. The van der Waals surface area contributed by atoms with Gasteiger partial charge in [0, 0.05) is 15.3 Å². The van der Waals surface area contributed by atoms with Crippen molar-refractivity contribution in [2.75, 3.05) is 6.61 Å². The highest BCUT2D eigenvalue weighted by Gasteiger charge is 2.35. The fourth-order valence-corrected chi connectivity index (χ4v) is 4.02. The zero-order chi connectivity index (χ0) is 23.6. The second-order valence-electron chi connectivity index (χ2n) is 6.92. The minimum Gasteiger partial charge on any atom is -0.488 e. The van der Waals surface area contributed by atoms with Crippen LogP contribution in [-0.4, -0.2) is 17.7 Å². The van der Waals surface area contributed by atoms with E-state index in [4.69, 9.17) is 14.6 Å². The van der Waals surface area contributed by atoms with Gasteiger partial charge in [-0.3, -0.25) is 0 Å². The summed E-state index contributed by atoms with van der Waals surface area (Å²) in [6.45, 7) is 3.07. The number of carboxylic acid groups (broad SMARTS) is 1. The number of aliphatic carboxylic acids is 1. The van der Waals surface area contributed by atoms with Crippen molar-refractivity contribution in [2.24, 2.45) is 0 Å². The van der Waals surface area contributed by atoms with E-state index in [-0.39, 0.29) is 23.1 Å². The number of carbonyl (C=O) groups is 1. The maximum absolute atomic E-state index is 14.3. The van der Waals surface area contributed by atoms with Crippen LogP contribution in [0.2, 0.25) is 0 Å². The first-order valence-electron chi connectivity index (χ1n) is 9.19. The smallest absolute Gasteiger partial charge is 0.419 e. The molecule has 0 aliphatic carbocycles. The largest absolute Gasteiger partial charge is 0.488 e. The Kier molecular flexibility index (Phi) is 6.73. The van der Waals surface area contributed by atoms with E-state index in [1.807, 2.05) is 0 Å². The minimum atomic E-state index is -4.99. The standard InChI is InChI=1S/C22H17F5O4S/c1-11-5-13(3-4-18(11)31-10-21(28)29)30-9-20-12(2)6-19(32-20)14-7-17(24)15(8-16(14)23)22(25,26)27/h3-8H,9-10H2,1-2H3,(H,28,29). The van der Waals surface area contributed by atoms with E-state index in [1.54, 1.807) is 38.1 Å². The number of benzene rings is 2. The number of halogens is 5. The summed E-state index contributed by atoms with van der Waals surface area (Å²) in [5.41, 5.74) is -0.537. The molecule has 0 radical (unpaired) electrons. The monoisotopic (exact) mass is 472 g/mol. The molecular formula is C22H17F5O4S. The van der Waals surface area contributed by atoms with E-state index in [0.29, 0.717) is 33.6 Å². The highest BCUT2D eigenvalue weighted by Crippen LogP contribution is 2.38. The van der Waals surface area contributed by atoms with E-state index in [0.717, 1.165) is 11.3 Å². The van der Waals surface area contributed by atoms with Crippen molar-refractivity contribution < 1.29 is 41.3 Å². The third kappa shape index (κ3) is 5.37. The molecule has 1 N–H and O–H groups in total. The lowest BCUT2D eigenvalue weighted by Gasteiger charge is -2.10. The molecule has 0 aliphatic rings. The molecule has 0 aliphatic heterocycles. The third-order valence-corrected chi connectivity index (χ3v) is 5.76. The molecule has 3 aromatic rings. The fourth-order valence-electron chi connectivity index (χ4n) is 2.91. The first-order chi connectivity index (χ1) is 15.0. The second kappa shape index (κ2) is 9.15. The van der Waals surface area contributed by atoms with Gasteiger partial charge >= 0.3 is 12.1 Å². The lowest BCUT2D eigenvalue weighted by molar-refractivity contribution is -0.140. The number of hydrogen-bond donors (Lipinski definition) is 1. The molecule has 0 bridgehead atoms. The molecular weight excluding hydrogens is 455 g/mol. The molecule has 2 aromatic carbocycles. The molecule has 1 aromatic heterocycles. The maximum Gasteiger partial charge on any atom is 0.419 e. The molecule has 4 nitrogen and oxygen atoms in total. The molecule has 0 amide bonds. The quantitative estimate of drug-likeness (QED) is 0.406. The zero-order valence-corrected chi connectivity index (χ0v) is 17.7. The van der Waals surface area contributed by atoms with Gasteiger partial charge in [-0.05, 0) is 61.4 Å². The molecule has 0 saturated carbocycles. The predicted octanol–water partition coefficient (Wildman–Crippen LogP) is 6.37. The number of thiophene rings is 1. The van der Waals surface area contributed by atoms with Crippen molar-refractivity contribution in [3.05, 3.63) is 69.6 Å². The molecule has 0 unspecified atom stereocenters. The van der Waals surface area contributed by atoms with Crippen LogP contribution in [0.4, 0.5) is 22.0 Å². The van der Waals surface area contributed by atoms with E-state index >= 15 is 0 Å². The van der Waals surface area contributed by atoms with Crippen LogP contribution < -0.4 is 9.47 Å². The van der Waals surface area contributed by atoms with Crippen LogP contribution in [0.25, 0.3) is 10.4 Å². The number of ether oxygens (including phenoxy) is 2. The Morgan fingerprint density at radius 3 is 2.34 bits per heavy atom. The molecule has 0 atom stereocenters. The van der Waals surface area contributed by atoms with E-state index in [1.165, 1.54) is 0 Å². The van der Waals surface area contributed by atoms with Crippen molar-refractivity contribution in [1.29, 1.82) is 0 Å². The van der Waals surface area contributed by atoms with Gasteiger partial charge in [0.15, 0.2) is 6.61 Å². The second-order valence-corrected chi connectivity index (χ2v) is 8.06. The van der Waals surface area contributed by atoms with E-state index in [9.17, 15) is 26.7 Å². The zero-order valence-electron chi connectivity index (χ0n) is 16.8. The Hall–Kier alpha value is -3.14. The normalized spacial score (nSPS) is 11.5. The molecule has 10 heteroatoms. The van der Waals surface area contributed by atoms with Gasteiger partial charge in [0.25, 0.3) is 0 Å². The summed E-state index contributed by atoms with van der Waals surface area (Å²) in [6, 6.07) is 7.09. The van der Waals surface area contributed by atoms with Gasteiger partial charge in [-0.15, -0.1) is 11.3 Å². The minimum absolute atomic E-state index is 0.0933. The molecule has 32 heavy (non-hydrogen) atoms. The summed E-state index contributed by atoms with van der Waals surface area (Å²) in [5.74, 6) is -2.93. The van der Waals surface area contributed by atoms with Crippen LogP contribution in [0, 0.1) is 25.5 Å². The molecule has 0 saturated heterocycles. The molecule has 1 heterocycles. The Labute approximate surface area is 183 Å². The van der Waals surface area contributed by atoms with Crippen molar-refractivity contribution in [3.63, 3.8) is 0 Å². The predicted molar refractivity (Wildman–Crippen MR) is 108 cm³/mol. The lowest BCUT2D eigenvalue weighted by Crippen LogP contribution is -2.10. The van der Waals surface area contributed by atoms with Crippen molar-refractivity contribution in [2.45, 2.75) is 26.6 Å². The first kappa shape index (κ1) is 23.5. The number of alkyl halides is 3. The summed E-state index contributed by atoms with van der Waals surface area (Å²) in [6.07, 6.45) is -4.99. The van der Waals surface area contributed by atoms with Gasteiger partial charge < -0.3 is 14.6 Å². The first-order valence-corrected chi connectivity index (χ1v) is 10.0. The summed E-state index contributed by atoms with van der Waals surface area (Å²) < 4.78 is 77.4. The Balaban J connectivity index is 1.76. The van der Waals surface area contributed by atoms with Crippen molar-refractivity contribution in [1.82, 2.24) is 0 Å². The number of rotatable bonds is 7. The van der Waals surface area contributed by atoms with E-state index in [2.05, 4.69) is 0 Å². The van der Waals surface area contributed by atoms with Gasteiger partial charge in [-0.1, -0.05) is 0 Å². The highest BCUT2D eigenvalue weighted by atomic mass is 32.1. The van der Waals surface area contributed by atoms with Crippen LogP contribution in [0.5, 0.6) is 11.5 Å². The highest BCUT2D eigenvalue weighted by molar-refractivity contribution is 7.15. The summed E-state index contributed by atoms with van der Waals surface area (Å²) >= 11 is 1.08. The molecule has 170 valence electrons. The van der Waals surface area contributed by atoms with Gasteiger partial charge in [0.1, 0.15) is 29.7 Å². The topological polar surface area (TPSA) is 55.8 Å². The average Bonchev–Trinajstić information content (AvgIpc) is 3.06. The lowest BCUT2D eigenvalue weighted by atomic mass is 10.1. The van der Waals surface area contributed by atoms with Crippen LogP contribution in [0.1, 0.15) is 21.6 Å². The summed E-state index contributed by atoms with van der Waals surface area (Å²) in [7, 11) is 0. The van der Waals surface area contributed by atoms with Crippen LogP contribution >= 0.6 is 11.3 Å². The van der Waals surface area contributed by atoms with Gasteiger partial charge in [-0.2, -0.15) is 13.2 Å². The van der Waals surface area contributed by atoms with E-state index < -0.39 is 36.0 Å². The van der Waals surface area contributed by atoms with Crippen molar-refractivity contribution in [3.8, 4) is 21.9 Å². The Morgan fingerprint density at radius 2 is 1.72 bits per heavy atom. The van der Waals surface area contributed by atoms with Crippen LogP contribution in [0.3, 0.4) is 0 Å². The van der Waals surface area contributed by atoms with Gasteiger partial charge in [-0.25, -0.2) is 13.6 Å². The molecule has 0 spiro atoms. The third-order valence-electron chi connectivity index (χ3n) is 4.52. The van der Waals surface area contributed by atoms with Crippen molar-refractivity contribution >= 4 is 17.3 Å². The number of carboxylic acids is 1. The molecule has 3 rings (SSSR count). The summed E-state index contributed by atoms with van der Waals surface area (Å²) in [5, 5.41) is 8.68. The average molecular weight is 472 g/mol. The fraction of sp³-hybridized carbons (Fsp3) is 0.227. The van der Waals surface area contributed by atoms with Crippen LogP contribution in [-0.2, 0) is 17.6 Å². The van der Waals surface area contributed by atoms with Gasteiger partial charge in [0.2, 0.25) is 0 Å². The SMILES string of the molecule is Cc1cc(OCc2sc(-c3cc(F)c(C(F)(F)F)cc3F)cc2C)ccc1OCC(=O)O.